The van der Waals surface area contributed by atoms with Crippen LogP contribution in [0.2, 0.25) is 0 Å². The summed E-state index contributed by atoms with van der Waals surface area (Å²) < 4.78 is 1.50. The third-order valence-electron chi connectivity index (χ3n) is 5.40. The van der Waals surface area contributed by atoms with Crippen LogP contribution < -0.4 is 22.1 Å². The monoisotopic (exact) mass is 462 g/mol. The third-order valence-corrected chi connectivity index (χ3v) is 5.40. The first kappa shape index (κ1) is 24.5. The highest BCUT2D eigenvalue weighted by molar-refractivity contribution is 5.98. The fourth-order valence-corrected chi connectivity index (χ4v) is 3.39. The Morgan fingerprint density at radius 3 is 2.26 bits per heavy atom. The Kier molecular flexibility index (Phi) is 8.02. The van der Waals surface area contributed by atoms with Gasteiger partial charge in [-0.15, -0.1) is 0 Å². The largest absolute Gasteiger partial charge is 0.383 e. The van der Waals surface area contributed by atoms with E-state index in [1.165, 1.54) is 10.9 Å². The van der Waals surface area contributed by atoms with Crippen LogP contribution in [0.5, 0.6) is 0 Å². The average Bonchev–Trinajstić information content (AvgIpc) is 3.22. The number of primary amides is 1. The van der Waals surface area contributed by atoms with E-state index in [2.05, 4.69) is 15.7 Å². The molecule has 0 spiro atoms. The van der Waals surface area contributed by atoms with Gasteiger partial charge in [0.05, 0.1) is 11.9 Å². The van der Waals surface area contributed by atoms with Crippen LogP contribution in [0.15, 0.2) is 60.8 Å². The van der Waals surface area contributed by atoms with Crippen LogP contribution in [0, 0.1) is 5.92 Å². The molecule has 3 aromatic rings. The first-order chi connectivity index (χ1) is 16.3. The molecule has 0 unspecified atom stereocenters. The topological polar surface area (TPSA) is 145 Å². The number of carbonyl (C=O) groups is 3. The van der Waals surface area contributed by atoms with Gasteiger partial charge in [-0.05, 0) is 48.6 Å². The van der Waals surface area contributed by atoms with Gasteiger partial charge in [0.25, 0.3) is 11.8 Å². The number of nitrogen functional groups attached to an aromatic ring is 1. The summed E-state index contributed by atoms with van der Waals surface area (Å²) in [6.07, 6.45) is 2.70. The Hall–Kier alpha value is -4.14. The molecule has 1 atom stereocenters. The molecule has 34 heavy (non-hydrogen) atoms. The number of rotatable bonds is 10. The molecule has 9 nitrogen and oxygen atoms in total. The number of nitrogens with two attached hydrogens (primary N) is 2. The molecule has 0 aliphatic carbocycles. The van der Waals surface area contributed by atoms with Gasteiger partial charge in [-0.25, -0.2) is 4.68 Å². The fraction of sp³-hybridized carbons (Fsp3) is 0.280. The average molecular weight is 463 g/mol. The van der Waals surface area contributed by atoms with Crippen molar-refractivity contribution < 1.29 is 14.4 Å². The number of benzene rings is 2. The normalized spacial score (nSPS) is 11.7. The van der Waals surface area contributed by atoms with Crippen molar-refractivity contribution in [3.05, 3.63) is 77.5 Å². The van der Waals surface area contributed by atoms with E-state index >= 15 is 0 Å². The van der Waals surface area contributed by atoms with E-state index < -0.39 is 11.9 Å². The SMILES string of the molecule is CC(C)CC[C@H](NC(=O)c1ccc(CNC(=O)c2cnn(-c3ccccc3)c2N)cc1)C(N)=O. The van der Waals surface area contributed by atoms with Gasteiger partial charge >= 0.3 is 0 Å². The van der Waals surface area contributed by atoms with Crippen molar-refractivity contribution in [2.24, 2.45) is 11.7 Å². The molecule has 9 heteroatoms. The molecule has 0 aliphatic heterocycles. The van der Waals surface area contributed by atoms with Crippen LogP contribution in [0.3, 0.4) is 0 Å². The highest BCUT2D eigenvalue weighted by Gasteiger charge is 2.19. The number of amides is 3. The van der Waals surface area contributed by atoms with Crippen molar-refractivity contribution >= 4 is 23.5 Å². The van der Waals surface area contributed by atoms with Crippen LogP contribution in [-0.2, 0) is 11.3 Å². The third kappa shape index (κ3) is 6.22. The number of hydrogen-bond donors (Lipinski definition) is 4. The Morgan fingerprint density at radius 2 is 1.65 bits per heavy atom. The molecule has 0 bridgehead atoms. The maximum absolute atomic E-state index is 12.6. The maximum Gasteiger partial charge on any atom is 0.256 e. The first-order valence-corrected chi connectivity index (χ1v) is 11.1. The quantitative estimate of drug-likeness (QED) is 0.366. The Morgan fingerprint density at radius 1 is 0.971 bits per heavy atom. The van der Waals surface area contributed by atoms with E-state index in [0.717, 1.165) is 17.7 Å². The second-order valence-electron chi connectivity index (χ2n) is 8.47. The summed E-state index contributed by atoms with van der Waals surface area (Å²) in [5.74, 6) is -0.628. The summed E-state index contributed by atoms with van der Waals surface area (Å²) in [6.45, 7) is 4.33. The van der Waals surface area contributed by atoms with Crippen LogP contribution in [0.25, 0.3) is 5.69 Å². The van der Waals surface area contributed by atoms with Gasteiger partial charge in [-0.2, -0.15) is 5.10 Å². The lowest BCUT2D eigenvalue weighted by atomic mass is 10.0. The molecule has 0 fully saturated rings. The van der Waals surface area contributed by atoms with Gasteiger partial charge in [0, 0.05) is 12.1 Å². The summed E-state index contributed by atoms with van der Waals surface area (Å²) in [7, 11) is 0. The Balaban J connectivity index is 1.58. The second-order valence-corrected chi connectivity index (χ2v) is 8.47. The highest BCUT2D eigenvalue weighted by Crippen LogP contribution is 2.17. The molecular formula is C25H30N6O3. The molecule has 1 aromatic heterocycles. The lowest BCUT2D eigenvalue weighted by Crippen LogP contribution is -2.44. The maximum atomic E-state index is 12.6. The van der Waals surface area contributed by atoms with E-state index in [4.69, 9.17) is 11.5 Å². The summed E-state index contributed by atoms with van der Waals surface area (Å²) in [5.41, 5.74) is 13.8. The van der Waals surface area contributed by atoms with Gasteiger partial charge < -0.3 is 22.1 Å². The summed E-state index contributed by atoms with van der Waals surface area (Å²) >= 11 is 0. The number of aromatic nitrogens is 2. The van der Waals surface area contributed by atoms with Crippen LogP contribution in [-0.4, -0.2) is 33.5 Å². The lowest BCUT2D eigenvalue weighted by Gasteiger charge is -2.16. The molecule has 6 N–H and O–H groups in total. The molecule has 0 radical (unpaired) electrons. The molecule has 0 saturated heterocycles. The van der Waals surface area contributed by atoms with E-state index in [0.29, 0.717) is 17.9 Å². The number of anilines is 1. The Labute approximate surface area is 198 Å². The van der Waals surface area contributed by atoms with Crippen molar-refractivity contribution in [3.63, 3.8) is 0 Å². The zero-order valence-corrected chi connectivity index (χ0v) is 19.3. The minimum Gasteiger partial charge on any atom is -0.383 e. The second kappa shape index (κ2) is 11.1. The van der Waals surface area contributed by atoms with Gasteiger partial charge in [-0.3, -0.25) is 14.4 Å². The standard InChI is InChI=1S/C25H30N6O3/c1-16(2)8-13-21(23(27)32)30-24(33)18-11-9-17(10-12-18)14-28-25(34)20-15-29-31(22(20)26)19-6-4-3-5-7-19/h3-7,9-12,15-16,21H,8,13-14,26H2,1-2H3,(H2,27,32)(H,28,34)(H,30,33)/t21-/m0/s1. The van der Waals surface area contributed by atoms with E-state index in [1.807, 2.05) is 44.2 Å². The van der Waals surface area contributed by atoms with Gasteiger partial charge in [-0.1, -0.05) is 44.2 Å². The fourth-order valence-electron chi connectivity index (χ4n) is 3.39. The van der Waals surface area contributed by atoms with Gasteiger partial charge in [0.2, 0.25) is 5.91 Å². The minimum atomic E-state index is -0.712. The van der Waals surface area contributed by atoms with Crippen LogP contribution >= 0.6 is 0 Å². The molecule has 0 saturated carbocycles. The predicted octanol–water partition coefficient (Wildman–Crippen LogP) is 2.40. The van der Waals surface area contributed by atoms with E-state index in [9.17, 15) is 14.4 Å². The number of carbonyl (C=O) groups excluding carboxylic acids is 3. The van der Waals surface area contributed by atoms with Crippen molar-refractivity contribution in [2.75, 3.05) is 5.73 Å². The van der Waals surface area contributed by atoms with E-state index in [-0.39, 0.29) is 29.7 Å². The minimum absolute atomic E-state index is 0.245. The van der Waals surface area contributed by atoms with Crippen molar-refractivity contribution in [2.45, 2.75) is 39.3 Å². The summed E-state index contributed by atoms with van der Waals surface area (Å²) in [4.78, 5) is 36.8. The molecular weight excluding hydrogens is 432 g/mol. The van der Waals surface area contributed by atoms with E-state index in [1.54, 1.807) is 24.3 Å². The smallest absolute Gasteiger partial charge is 0.256 e. The Bertz CT molecular complexity index is 1140. The lowest BCUT2D eigenvalue weighted by molar-refractivity contribution is -0.120. The van der Waals surface area contributed by atoms with Crippen LogP contribution in [0.4, 0.5) is 5.82 Å². The predicted molar refractivity (Wildman–Crippen MR) is 130 cm³/mol. The number of para-hydroxylation sites is 1. The van der Waals surface area contributed by atoms with Crippen molar-refractivity contribution in [1.29, 1.82) is 0 Å². The molecule has 2 aromatic carbocycles. The first-order valence-electron chi connectivity index (χ1n) is 11.1. The summed E-state index contributed by atoms with van der Waals surface area (Å²) in [5, 5.41) is 9.71. The summed E-state index contributed by atoms with van der Waals surface area (Å²) in [6, 6.07) is 15.3. The zero-order chi connectivity index (χ0) is 24.7. The van der Waals surface area contributed by atoms with Gasteiger partial charge in [0.15, 0.2) is 0 Å². The molecule has 1 heterocycles. The number of nitrogens with zero attached hydrogens (tertiary/aromatic N) is 2. The number of nitrogens with one attached hydrogen (secondary N) is 2. The zero-order valence-electron chi connectivity index (χ0n) is 19.3. The number of hydrogen-bond acceptors (Lipinski definition) is 5. The van der Waals surface area contributed by atoms with Gasteiger partial charge in [0.1, 0.15) is 17.4 Å². The highest BCUT2D eigenvalue weighted by atomic mass is 16.2. The van der Waals surface area contributed by atoms with Crippen molar-refractivity contribution in [1.82, 2.24) is 20.4 Å². The molecule has 3 amide bonds. The molecule has 0 aliphatic rings. The molecule has 3 rings (SSSR count). The van der Waals surface area contributed by atoms with Crippen LogP contribution in [0.1, 0.15) is 53.0 Å². The molecule has 178 valence electrons. The van der Waals surface area contributed by atoms with Crippen molar-refractivity contribution in [3.8, 4) is 5.69 Å².